The smallest absolute Gasteiger partial charge is 0.374 e. The Morgan fingerprint density at radius 2 is 1.76 bits per heavy atom. The molecule has 0 bridgehead atoms. The van der Waals surface area contributed by atoms with Crippen molar-refractivity contribution in [2.24, 2.45) is 0 Å². The number of carbonyl (C=O) groups excluding carboxylic acids is 2. The van der Waals surface area contributed by atoms with Gasteiger partial charge in [-0.05, 0) is 43.2 Å². The molecule has 0 fully saturated rings. The van der Waals surface area contributed by atoms with E-state index in [4.69, 9.17) is 9.15 Å². The molecule has 0 aliphatic rings. The molecule has 0 spiro atoms. The van der Waals surface area contributed by atoms with Gasteiger partial charge in [-0.1, -0.05) is 24.3 Å². The fraction of sp³-hybridized carbons (Fsp3) is 0.150. The first-order valence-corrected chi connectivity index (χ1v) is 7.76. The van der Waals surface area contributed by atoms with Crippen molar-refractivity contribution in [2.75, 3.05) is 6.61 Å². The van der Waals surface area contributed by atoms with Crippen LogP contribution in [0.15, 0.2) is 57.7 Å². The third kappa shape index (κ3) is 3.50. The number of hydrogen-bond donors (Lipinski definition) is 0. The lowest BCUT2D eigenvalue weighted by molar-refractivity contribution is 0.0444. The number of esters is 1. The molecule has 0 amide bonds. The molecule has 0 radical (unpaired) electrons. The van der Waals surface area contributed by atoms with Crippen LogP contribution < -0.4 is 5.43 Å². The normalized spacial score (nSPS) is 10.6. The highest BCUT2D eigenvalue weighted by atomic mass is 16.5. The third-order valence-electron chi connectivity index (χ3n) is 4.00. The number of Topliss-reactive ketones (excluding diaryl/α,β-unsaturated/α-hetero) is 1. The molecular formula is C20H16O5. The van der Waals surface area contributed by atoms with E-state index in [1.54, 1.807) is 36.4 Å². The molecule has 0 atom stereocenters. The van der Waals surface area contributed by atoms with Gasteiger partial charge in [-0.3, -0.25) is 9.59 Å². The Kier molecular flexibility index (Phi) is 4.48. The molecule has 3 aromatic rings. The number of hydrogen-bond acceptors (Lipinski definition) is 5. The second kappa shape index (κ2) is 6.73. The first-order chi connectivity index (χ1) is 12.0. The number of rotatable bonds is 4. The van der Waals surface area contributed by atoms with Crippen molar-refractivity contribution in [3.8, 4) is 0 Å². The summed E-state index contributed by atoms with van der Waals surface area (Å²) in [5.41, 5.74) is 2.48. The lowest BCUT2D eigenvalue weighted by Gasteiger charge is -2.06. The molecule has 1 heterocycles. The summed E-state index contributed by atoms with van der Waals surface area (Å²) in [6, 6.07) is 13.0. The fourth-order valence-corrected chi connectivity index (χ4v) is 2.40. The van der Waals surface area contributed by atoms with Crippen molar-refractivity contribution >= 4 is 22.7 Å². The summed E-state index contributed by atoms with van der Waals surface area (Å²) in [6.45, 7) is 3.44. The first kappa shape index (κ1) is 16.6. The zero-order chi connectivity index (χ0) is 18.0. The number of ether oxygens (including phenoxy) is 1. The van der Waals surface area contributed by atoms with E-state index in [9.17, 15) is 14.4 Å². The molecule has 3 rings (SSSR count). The molecule has 25 heavy (non-hydrogen) atoms. The van der Waals surface area contributed by atoms with E-state index in [-0.39, 0.29) is 17.0 Å². The van der Waals surface area contributed by atoms with Crippen LogP contribution in [0.3, 0.4) is 0 Å². The molecule has 0 saturated heterocycles. The minimum Gasteiger partial charge on any atom is -0.451 e. The van der Waals surface area contributed by atoms with E-state index in [1.165, 1.54) is 0 Å². The Morgan fingerprint density at radius 1 is 1.00 bits per heavy atom. The van der Waals surface area contributed by atoms with Crippen LogP contribution in [0.1, 0.15) is 32.0 Å². The summed E-state index contributed by atoms with van der Waals surface area (Å²) in [4.78, 5) is 36.2. The summed E-state index contributed by atoms with van der Waals surface area (Å²) in [5, 5.41) is 0.380. The minimum absolute atomic E-state index is 0.225. The standard InChI is InChI=1S/C20H16O5/c1-12-7-8-14(9-13(12)2)17(22)11-24-20(23)19-10-16(21)15-5-3-4-6-18(15)25-19/h3-10H,11H2,1-2H3. The molecule has 0 saturated carbocycles. The second-order valence-electron chi connectivity index (χ2n) is 5.77. The maximum Gasteiger partial charge on any atom is 0.374 e. The van der Waals surface area contributed by atoms with Crippen LogP contribution in [0.5, 0.6) is 0 Å². The van der Waals surface area contributed by atoms with Crippen LogP contribution in [-0.2, 0) is 4.74 Å². The maximum atomic E-state index is 12.2. The summed E-state index contributed by atoms with van der Waals surface area (Å²) in [6.07, 6.45) is 0. The van der Waals surface area contributed by atoms with Gasteiger partial charge in [0.05, 0.1) is 5.39 Å². The van der Waals surface area contributed by atoms with Gasteiger partial charge in [0, 0.05) is 11.6 Å². The molecule has 5 heteroatoms. The molecule has 0 N–H and O–H groups in total. The number of carbonyl (C=O) groups is 2. The van der Waals surface area contributed by atoms with Crippen molar-refractivity contribution in [1.82, 2.24) is 0 Å². The number of aryl methyl sites for hydroxylation is 2. The van der Waals surface area contributed by atoms with Crippen LogP contribution in [0, 0.1) is 13.8 Å². The molecular weight excluding hydrogens is 320 g/mol. The van der Waals surface area contributed by atoms with Gasteiger partial charge < -0.3 is 9.15 Å². The van der Waals surface area contributed by atoms with Crippen LogP contribution >= 0.6 is 0 Å². The Labute approximate surface area is 143 Å². The van der Waals surface area contributed by atoms with Crippen molar-refractivity contribution in [3.63, 3.8) is 0 Å². The van der Waals surface area contributed by atoms with Gasteiger partial charge in [-0.25, -0.2) is 4.79 Å². The lowest BCUT2D eigenvalue weighted by atomic mass is 10.0. The molecule has 1 aromatic heterocycles. The summed E-state index contributed by atoms with van der Waals surface area (Å²) < 4.78 is 10.4. The van der Waals surface area contributed by atoms with Crippen LogP contribution in [0.25, 0.3) is 11.0 Å². The monoisotopic (exact) mass is 336 g/mol. The van der Waals surface area contributed by atoms with Crippen molar-refractivity contribution in [1.29, 1.82) is 0 Å². The Hall–Kier alpha value is -3.21. The van der Waals surface area contributed by atoms with Crippen LogP contribution in [0.2, 0.25) is 0 Å². The van der Waals surface area contributed by atoms with Gasteiger partial charge in [0.15, 0.2) is 17.8 Å². The fourth-order valence-electron chi connectivity index (χ4n) is 2.40. The highest BCUT2D eigenvalue weighted by Crippen LogP contribution is 2.13. The van der Waals surface area contributed by atoms with E-state index in [2.05, 4.69) is 0 Å². The van der Waals surface area contributed by atoms with E-state index in [0.717, 1.165) is 17.2 Å². The van der Waals surface area contributed by atoms with Gasteiger partial charge in [0.1, 0.15) is 5.58 Å². The van der Waals surface area contributed by atoms with Gasteiger partial charge in [0.25, 0.3) is 0 Å². The number of para-hydroxylation sites is 1. The predicted molar refractivity (Wildman–Crippen MR) is 93.0 cm³/mol. The average Bonchev–Trinajstić information content (AvgIpc) is 2.61. The van der Waals surface area contributed by atoms with Crippen molar-refractivity contribution in [3.05, 3.63) is 81.2 Å². The molecule has 0 unspecified atom stereocenters. The predicted octanol–water partition coefficient (Wildman–Crippen LogP) is 3.45. The number of ketones is 1. The minimum atomic E-state index is -0.847. The molecule has 2 aromatic carbocycles. The van der Waals surface area contributed by atoms with E-state index in [1.807, 2.05) is 19.9 Å². The van der Waals surface area contributed by atoms with E-state index < -0.39 is 12.6 Å². The second-order valence-corrected chi connectivity index (χ2v) is 5.77. The molecule has 0 aliphatic heterocycles. The number of fused-ring (bicyclic) bond motifs is 1. The molecule has 126 valence electrons. The highest BCUT2D eigenvalue weighted by molar-refractivity contribution is 5.99. The van der Waals surface area contributed by atoms with Gasteiger partial charge in [-0.2, -0.15) is 0 Å². The van der Waals surface area contributed by atoms with Crippen molar-refractivity contribution < 1.29 is 18.7 Å². The summed E-state index contributed by atoms with van der Waals surface area (Å²) >= 11 is 0. The van der Waals surface area contributed by atoms with Gasteiger partial charge in [-0.15, -0.1) is 0 Å². The van der Waals surface area contributed by atoms with Crippen molar-refractivity contribution in [2.45, 2.75) is 13.8 Å². The summed E-state index contributed by atoms with van der Waals surface area (Å²) in [5.74, 6) is -1.39. The lowest BCUT2D eigenvalue weighted by Crippen LogP contribution is -2.16. The Balaban J connectivity index is 1.75. The van der Waals surface area contributed by atoms with Crippen LogP contribution in [0.4, 0.5) is 0 Å². The third-order valence-corrected chi connectivity index (χ3v) is 4.00. The molecule has 0 aliphatic carbocycles. The summed E-state index contributed by atoms with van der Waals surface area (Å²) in [7, 11) is 0. The Morgan fingerprint density at radius 3 is 2.52 bits per heavy atom. The highest BCUT2D eigenvalue weighted by Gasteiger charge is 2.16. The maximum absolute atomic E-state index is 12.2. The Bertz CT molecular complexity index is 1030. The van der Waals surface area contributed by atoms with Gasteiger partial charge >= 0.3 is 5.97 Å². The average molecular weight is 336 g/mol. The van der Waals surface area contributed by atoms with Crippen LogP contribution in [-0.4, -0.2) is 18.4 Å². The van der Waals surface area contributed by atoms with E-state index in [0.29, 0.717) is 16.5 Å². The quantitative estimate of drug-likeness (QED) is 0.539. The largest absolute Gasteiger partial charge is 0.451 e. The topological polar surface area (TPSA) is 73.6 Å². The zero-order valence-corrected chi connectivity index (χ0v) is 13.9. The van der Waals surface area contributed by atoms with Gasteiger partial charge in [0.2, 0.25) is 5.76 Å². The first-order valence-electron chi connectivity index (χ1n) is 7.76. The zero-order valence-electron chi connectivity index (χ0n) is 13.9. The number of benzene rings is 2. The SMILES string of the molecule is Cc1ccc(C(=O)COC(=O)c2cc(=O)c3ccccc3o2)cc1C. The molecule has 5 nitrogen and oxygen atoms in total. The van der Waals surface area contributed by atoms with E-state index >= 15 is 0 Å².